The number of nitrogens with one attached hydrogen (secondary N) is 1. The van der Waals surface area contributed by atoms with E-state index in [1.54, 1.807) is 0 Å². The number of halogens is 1. The van der Waals surface area contributed by atoms with E-state index in [0.29, 0.717) is 12.1 Å². The van der Waals surface area contributed by atoms with Gasteiger partial charge in [0.05, 0.1) is 0 Å². The molecular formula is C16H25BrN4. The highest BCUT2D eigenvalue weighted by Crippen LogP contribution is 2.27. The minimum atomic E-state index is 0.559. The molecule has 1 saturated heterocycles. The van der Waals surface area contributed by atoms with Crippen LogP contribution in [-0.4, -0.2) is 48.1 Å². The highest BCUT2D eigenvalue weighted by Gasteiger charge is 2.29. The van der Waals surface area contributed by atoms with Crippen LogP contribution in [0.3, 0.4) is 0 Å². The number of pyridine rings is 1. The molecule has 2 atom stereocenters. The Hall–Kier alpha value is -0.650. The number of nitrogens with zero attached hydrogens (tertiary/aromatic N) is 3. The molecule has 0 spiro atoms. The van der Waals surface area contributed by atoms with Crippen LogP contribution >= 0.6 is 15.9 Å². The Bertz CT molecular complexity index is 491. The Morgan fingerprint density at radius 2 is 1.95 bits per heavy atom. The first kappa shape index (κ1) is 15.3. The molecule has 5 heteroatoms. The van der Waals surface area contributed by atoms with Crippen LogP contribution in [0.25, 0.3) is 0 Å². The lowest BCUT2D eigenvalue weighted by molar-refractivity contribution is 0.169. The molecule has 116 valence electrons. The monoisotopic (exact) mass is 352 g/mol. The molecular weight excluding hydrogens is 328 g/mol. The van der Waals surface area contributed by atoms with Gasteiger partial charge in [0, 0.05) is 54.0 Å². The first-order valence-electron chi connectivity index (χ1n) is 7.89. The van der Waals surface area contributed by atoms with E-state index < -0.39 is 0 Å². The second-order valence-electron chi connectivity index (χ2n) is 6.56. The standard InChI is InChI=1S/C16H25BrN4/c1-11-9-21(10-12(2)20(11)3)16-13(6-14(17)8-19-16)7-18-15-4-5-15/h6,8,11-12,15,18H,4-5,7,9-10H2,1-3H3. The Labute approximate surface area is 136 Å². The predicted octanol–water partition coefficient (Wildman–Crippen LogP) is 2.62. The summed E-state index contributed by atoms with van der Waals surface area (Å²) in [7, 11) is 2.22. The maximum absolute atomic E-state index is 4.71. The molecule has 2 unspecified atom stereocenters. The van der Waals surface area contributed by atoms with Gasteiger partial charge in [-0.3, -0.25) is 4.90 Å². The summed E-state index contributed by atoms with van der Waals surface area (Å²) in [6.45, 7) is 7.60. The van der Waals surface area contributed by atoms with Gasteiger partial charge in [0.15, 0.2) is 0 Å². The molecule has 1 aromatic heterocycles. The summed E-state index contributed by atoms with van der Waals surface area (Å²) in [5.41, 5.74) is 1.31. The number of likely N-dealkylation sites (N-methyl/N-ethyl adjacent to an activating group) is 1. The Balaban J connectivity index is 1.79. The number of hydrogen-bond donors (Lipinski definition) is 1. The van der Waals surface area contributed by atoms with Crippen LogP contribution in [0.5, 0.6) is 0 Å². The Kier molecular flexibility index (Phi) is 4.52. The summed E-state index contributed by atoms with van der Waals surface area (Å²) in [6, 6.07) is 4.06. The molecule has 2 fully saturated rings. The predicted molar refractivity (Wildman–Crippen MR) is 90.7 cm³/mol. The fourth-order valence-corrected chi connectivity index (χ4v) is 3.39. The third-order valence-corrected chi connectivity index (χ3v) is 5.16. The largest absolute Gasteiger partial charge is 0.353 e. The van der Waals surface area contributed by atoms with Crippen molar-refractivity contribution in [3.05, 3.63) is 22.3 Å². The third-order valence-electron chi connectivity index (χ3n) is 4.73. The van der Waals surface area contributed by atoms with Crippen molar-refractivity contribution in [1.29, 1.82) is 0 Å². The van der Waals surface area contributed by atoms with Crippen molar-refractivity contribution in [1.82, 2.24) is 15.2 Å². The van der Waals surface area contributed by atoms with E-state index in [1.807, 2.05) is 6.20 Å². The molecule has 2 aliphatic rings. The number of aromatic nitrogens is 1. The van der Waals surface area contributed by atoms with E-state index in [2.05, 4.69) is 58.0 Å². The number of rotatable bonds is 4. The van der Waals surface area contributed by atoms with Gasteiger partial charge < -0.3 is 10.2 Å². The smallest absolute Gasteiger partial charge is 0.133 e. The van der Waals surface area contributed by atoms with Crippen LogP contribution in [0.1, 0.15) is 32.3 Å². The van der Waals surface area contributed by atoms with E-state index in [1.165, 1.54) is 18.4 Å². The fourth-order valence-electron chi connectivity index (χ4n) is 3.01. The van der Waals surface area contributed by atoms with Crippen LogP contribution in [0, 0.1) is 0 Å². The summed E-state index contributed by atoms with van der Waals surface area (Å²) in [6.07, 6.45) is 4.56. The Morgan fingerprint density at radius 1 is 1.29 bits per heavy atom. The first-order valence-corrected chi connectivity index (χ1v) is 8.68. The molecule has 0 amide bonds. The second-order valence-corrected chi connectivity index (χ2v) is 7.48. The fraction of sp³-hybridized carbons (Fsp3) is 0.688. The van der Waals surface area contributed by atoms with E-state index in [4.69, 9.17) is 4.98 Å². The number of anilines is 1. The molecule has 1 aromatic rings. The van der Waals surface area contributed by atoms with Crippen molar-refractivity contribution < 1.29 is 0 Å². The van der Waals surface area contributed by atoms with Crippen molar-refractivity contribution in [2.45, 2.75) is 51.4 Å². The zero-order chi connectivity index (χ0) is 15.0. The molecule has 0 radical (unpaired) electrons. The molecule has 1 saturated carbocycles. The summed E-state index contributed by atoms with van der Waals surface area (Å²) in [5, 5.41) is 3.61. The molecule has 3 rings (SSSR count). The van der Waals surface area contributed by atoms with Crippen LogP contribution in [0.4, 0.5) is 5.82 Å². The molecule has 0 bridgehead atoms. The highest BCUT2D eigenvalue weighted by atomic mass is 79.9. The SMILES string of the molecule is CC1CN(c2ncc(Br)cc2CNC2CC2)CC(C)N1C. The minimum Gasteiger partial charge on any atom is -0.353 e. The topological polar surface area (TPSA) is 31.4 Å². The van der Waals surface area contributed by atoms with Crippen molar-refractivity contribution in [2.75, 3.05) is 25.0 Å². The molecule has 1 aliphatic carbocycles. The lowest BCUT2D eigenvalue weighted by Crippen LogP contribution is -2.55. The average Bonchev–Trinajstić information content (AvgIpc) is 3.26. The van der Waals surface area contributed by atoms with Crippen molar-refractivity contribution in [2.24, 2.45) is 0 Å². The zero-order valence-electron chi connectivity index (χ0n) is 13.1. The van der Waals surface area contributed by atoms with Gasteiger partial charge in [-0.1, -0.05) is 0 Å². The molecule has 21 heavy (non-hydrogen) atoms. The van der Waals surface area contributed by atoms with E-state index >= 15 is 0 Å². The molecule has 1 aliphatic heterocycles. The highest BCUT2D eigenvalue weighted by molar-refractivity contribution is 9.10. The summed E-state index contributed by atoms with van der Waals surface area (Å²) in [4.78, 5) is 9.62. The van der Waals surface area contributed by atoms with Gasteiger partial charge in [0.1, 0.15) is 5.82 Å². The third kappa shape index (κ3) is 3.58. The molecule has 1 N–H and O–H groups in total. The summed E-state index contributed by atoms with van der Waals surface area (Å²) >= 11 is 3.56. The zero-order valence-corrected chi connectivity index (χ0v) is 14.7. The van der Waals surface area contributed by atoms with E-state index in [0.717, 1.165) is 36.0 Å². The number of piperazine rings is 1. The van der Waals surface area contributed by atoms with Crippen molar-refractivity contribution in [3.8, 4) is 0 Å². The maximum atomic E-state index is 4.71. The maximum Gasteiger partial charge on any atom is 0.133 e. The van der Waals surface area contributed by atoms with Crippen molar-refractivity contribution in [3.63, 3.8) is 0 Å². The van der Waals surface area contributed by atoms with Gasteiger partial charge in [-0.2, -0.15) is 0 Å². The summed E-state index contributed by atoms with van der Waals surface area (Å²) in [5.74, 6) is 1.15. The number of hydrogen-bond acceptors (Lipinski definition) is 4. The lowest BCUT2D eigenvalue weighted by atomic mass is 10.1. The van der Waals surface area contributed by atoms with Crippen molar-refractivity contribution >= 4 is 21.7 Å². The van der Waals surface area contributed by atoms with Crippen LogP contribution in [0.2, 0.25) is 0 Å². The van der Waals surface area contributed by atoms with Crippen LogP contribution in [-0.2, 0) is 6.54 Å². The molecule has 0 aromatic carbocycles. The van der Waals surface area contributed by atoms with Crippen LogP contribution in [0.15, 0.2) is 16.7 Å². The molecule has 2 heterocycles. The second kappa shape index (κ2) is 6.23. The van der Waals surface area contributed by atoms with Gasteiger partial charge in [-0.15, -0.1) is 0 Å². The van der Waals surface area contributed by atoms with E-state index in [9.17, 15) is 0 Å². The van der Waals surface area contributed by atoms with Gasteiger partial charge in [0.2, 0.25) is 0 Å². The van der Waals surface area contributed by atoms with Gasteiger partial charge in [-0.05, 0) is 55.7 Å². The van der Waals surface area contributed by atoms with Gasteiger partial charge in [0.25, 0.3) is 0 Å². The van der Waals surface area contributed by atoms with E-state index in [-0.39, 0.29) is 0 Å². The molecule has 4 nitrogen and oxygen atoms in total. The van der Waals surface area contributed by atoms with Crippen LogP contribution < -0.4 is 10.2 Å². The van der Waals surface area contributed by atoms with Gasteiger partial charge in [-0.25, -0.2) is 4.98 Å². The van der Waals surface area contributed by atoms with Gasteiger partial charge >= 0.3 is 0 Å². The Morgan fingerprint density at radius 3 is 2.57 bits per heavy atom. The minimum absolute atomic E-state index is 0.559. The quantitative estimate of drug-likeness (QED) is 0.902. The normalized spacial score (nSPS) is 27.1. The summed E-state index contributed by atoms with van der Waals surface area (Å²) < 4.78 is 1.06. The average molecular weight is 353 g/mol. The first-order chi connectivity index (χ1) is 10.0. The lowest BCUT2D eigenvalue weighted by Gasteiger charge is -2.43.